The van der Waals surface area contributed by atoms with Crippen molar-refractivity contribution in [2.75, 3.05) is 23.0 Å². The van der Waals surface area contributed by atoms with Crippen molar-refractivity contribution in [1.82, 2.24) is 0 Å². The van der Waals surface area contributed by atoms with E-state index in [1.165, 1.54) is 11.8 Å². The molecule has 3 rings (SSSR count). The van der Waals surface area contributed by atoms with E-state index in [4.69, 9.17) is 4.74 Å². The predicted octanol–water partition coefficient (Wildman–Crippen LogP) is 2.73. The fourth-order valence-electron chi connectivity index (χ4n) is 2.99. The van der Waals surface area contributed by atoms with Crippen LogP contribution in [0, 0.1) is 5.41 Å². The molecule has 2 fully saturated rings. The van der Waals surface area contributed by atoms with Gasteiger partial charge < -0.3 is 9.64 Å². The Morgan fingerprint density at radius 1 is 1.27 bits per heavy atom. The van der Waals surface area contributed by atoms with Gasteiger partial charge in [-0.2, -0.15) is 4.99 Å². The first-order valence-corrected chi connectivity index (χ1v) is 11.3. The van der Waals surface area contributed by atoms with Gasteiger partial charge in [-0.15, -0.1) is 0 Å². The van der Waals surface area contributed by atoms with Crippen LogP contribution < -0.4 is 9.64 Å². The van der Waals surface area contributed by atoms with Crippen LogP contribution in [0.25, 0.3) is 0 Å². The van der Waals surface area contributed by atoms with Gasteiger partial charge in [0.05, 0.1) is 24.2 Å². The van der Waals surface area contributed by atoms with Crippen LogP contribution in [0.5, 0.6) is 5.75 Å². The molecule has 2 heterocycles. The Hall–Kier alpha value is -1.54. The number of hydrogen-bond acceptors (Lipinski definition) is 5. The minimum atomic E-state index is -3.07. The highest BCUT2D eigenvalue weighted by Gasteiger charge is 2.49. The van der Waals surface area contributed by atoms with E-state index in [1.54, 1.807) is 0 Å². The molecular weight excluding hydrogens is 372 g/mol. The highest BCUT2D eigenvalue weighted by Crippen LogP contribution is 2.41. The molecule has 26 heavy (non-hydrogen) atoms. The van der Waals surface area contributed by atoms with Crippen LogP contribution in [0.1, 0.15) is 27.7 Å². The first-order valence-electron chi connectivity index (χ1n) is 8.63. The third-order valence-corrected chi connectivity index (χ3v) is 7.54. The molecule has 2 aliphatic heterocycles. The summed E-state index contributed by atoms with van der Waals surface area (Å²) in [6.07, 6.45) is 0. The number of amidine groups is 1. The van der Waals surface area contributed by atoms with Crippen molar-refractivity contribution in [3.63, 3.8) is 0 Å². The Morgan fingerprint density at radius 3 is 2.50 bits per heavy atom. The fourth-order valence-corrected chi connectivity index (χ4v) is 6.90. The maximum atomic E-state index is 12.4. The largest absolute Gasteiger partial charge is 0.494 e. The molecular formula is C18H24N2O4S2. The minimum absolute atomic E-state index is 0.0839. The van der Waals surface area contributed by atoms with Gasteiger partial charge in [-0.1, -0.05) is 32.5 Å². The number of fused-ring (bicyclic) bond motifs is 1. The summed E-state index contributed by atoms with van der Waals surface area (Å²) in [5, 5.41) is 0.483. The third-order valence-electron chi connectivity index (χ3n) is 4.33. The SMILES string of the molecule is CCOc1ccc(N2C(=NC(=O)C(C)(C)C)S[C@@H]3CS(=O)(=O)C[C@H]32)cc1. The number of amides is 1. The van der Waals surface area contributed by atoms with Crippen molar-refractivity contribution in [3.8, 4) is 5.75 Å². The molecule has 0 saturated carbocycles. The van der Waals surface area contributed by atoms with E-state index in [0.29, 0.717) is 11.8 Å². The van der Waals surface area contributed by atoms with E-state index < -0.39 is 15.3 Å². The molecule has 0 aliphatic carbocycles. The number of carbonyl (C=O) groups is 1. The molecule has 1 aromatic carbocycles. The molecule has 8 heteroatoms. The molecule has 0 N–H and O–H groups in total. The Bertz CT molecular complexity index is 826. The maximum Gasteiger partial charge on any atom is 0.253 e. The van der Waals surface area contributed by atoms with E-state index >= 15 is 0 Å². The van der Waals surface area contributed by atoms with Crippen molar-refractivity contribution in [2.24, 2.45) is 10.4 Å². The van der Waals surface area contributed by atoms with Gasteiger partial charge in [-0.25, -0.2) is 8.42 Å². The summed E-state index contributed by atoms with van der Waals surface area (Å²) < 4.78 is 29.6. The van der Waals surface area contributed by atoms with Gasteiger partial charge in [-0.05, 0) is 31.2 Å². The molecule has 2 aliphatic rings. The number of anilines is 1. The number of hydrogen-bond donors (Lipinski definition) is 0. The Morgan fingerprint density at radius 2 is 1.92 bits per heavy atom. The van der Waals surface area contributed by atoms with E-state index in [9.17, 15) is 13.2 Å². The quantitative estimate of drug-likeness (QED) is 0.782. The summed E-state index contributed by atoms with van der Waals surface area (Å²) in [4.78, 5) is 18.7. The summed E-state index contributed by atoms with van der Waals surface area (Å²) in [6.45, 7) is 7.97. The average Bonchev–Trinajstić information content (AvgIpc) is 2.98. The molecule has 0 spiro atoms. The zero-order valence-corrected chi connectivity index (χ0v) is 17.1. The molecule has 0 bridgehead atoms. The zero-order valence-electron chi connectivity index (χ0n) is 15.4. The van der Waals surface area contributed by atoms with Crippen LogP contribution in [-0.4, -0.2) is 48.9 Å². The lowest BCUT2D eigenvalue weighted by molar-refractivity contribution is -0.124. The molecule has 1 aromatic rings. The van der Waals surface area contributed by atoms with Crippen LogP contribution in [-0.2, 0) is 14.6 Å². The van der Waals surface area contributed by atoms with Crippen LogP contribution in [0.3, 0.4) is 0 Å². The molecule has 142 valence electrons. The standard InChI is InChI=1S/C18H24N2O4S2/c1-5-24-13-8-6-12(7-9-13)20-14-10-26(22,23)11-15(14)25-17(20)19-16(21)18(2,3)4/h6-9,14-15H,5,10-11H2,1-4H3/t14-,15-/m1/s1. The molecule has 0 radical (unpaired) electrons. The molecule has 0 unspecified atom stereocenters. The number of rotatable bonds is 3. The smallest absolute Gasteiger partial charge is 0.253 e. The van der Waals surface area contributed by atoms with Crippen molar-refractivity contribution in [2.45, 2.75) is 39.0 Å². The number of carbonyl (C=O) groups excluding carboxylic acids is 1. The Balaban J connectivity index is 1.97. The highest BCUT2D eigenvalue weighted by atomic mass is 32.2. The summed E-state index contributed by atoms with van der Waals surface area (Å²) in [5.41, 5.74) is 0.243. The van der Waals surface area contributed by atoms with Gasteiger partial charge in [0.25, 0.3) is 5.91 Å². The average molecular weight is 397 g/mol. The van der Waals surface area contributed by atoms with Crippen molar-refractivity contribution in [3.05, 3.63) is 24.3 Å². The minimum Gasteiger partial charge on any atom is -0.494 e. The highest BCUT2D eigenvalue weighted by molar-refractivity contribution is 8.16. The van der Waals surface area contributed by atoms with Crippen LogP contribution in [0.15, 0.2) is 29.3 Å². The number of benzene rings is 1. The lowest BCUT2D eigenvalue weighted by Gasteiger charge is -2.25. The number of ether oxygens (including phenoxy) is 1. The number of nitrogens with zero attached hydrogens (tertiary/aromatic N) is 2. The van der Waals surface area contributed by atoms with E-state index in [2.05, 4.69) is 4.99 Å². The summed E-state index contributed by atoms with van der Waals surface area (Å²) in [6, 6.07) is 7.27. The van der Waals surface area contributed by atoms with Gasteiger partial charge in [-0.3, -0.25) is 4.79 Å². The van der Waals surface area contributed by atoms with E-state index in [-0.39, 0.29) is 28.7 Å². The Kier molecular flexibility index (Phi) is 5.09. The molecule has 6 nitrogen and oxygen atoms in total. The third kappa shape index (κ3) is 3.91. The Labute approximate surface area is 158 Å². The van der Waals surface area contributed by atoms with Gasteiger partial charge in [0.2, 0.25) is 0 Å². The summed E-state index contributed by atoms with van der Waals surface area (Å²) >= 11 is 1.39. The van der Waals surface area contributed by atoms with Crippen molar-refractivity contribution >= 4 is 38.4 Å². The number of sulfone groups is 1. The number of aliphatic imine (C=N–C) groups is 1. The maximum absolute atomic E-state index is 12.4. The summed E-state index contributed by atoms with van der Waals surface area (Å²) in [5.74, 6) is 0.751. The van der Waals surface area contributed by atoms with Gasteiger partial charge in [0.1, 0.15) is 5.75 Å². The van der Waals surface area contributed by atoms with Crippen LogP contribution in [0.2, 0.25) is 0 Å². The number of thioether (sulfide) groups is 1. The second-order valence-corrected chi connectivity index (χ2v) is 10.9. The van der Waals surface area contributed by atoms with Gasteiger partial charge in [0, 0.05) is 16.4 Å². The summed E-state index contributed by atoms with van der Waals surface area (Å²) in [7, 11) is -3.07. The normalized spacial score (nSPS) is 26.2. The second-order valence-electron chi connectivity index (χ2n) is 7.55. The van der Waals surface area contributed by atoms with Crippen molar-refractivity contribution in [1.29, 1.82) is 0 Å². The van der Waals surface area contributed by atoms with Crippen LogP contribution >= 0.6 is 11.8 Å². The topological polar surface area (TPSA) is 76.0 Å². The van der Waals surface area contributed by atoms with Gasteiger partial charge in [0.15, 0.2) is 15.0 Å². The van der Waals surface area contributed by atoms with E-state index in [0.717, 1.165) is 11.4 Å². The van der Waals surface area contributed by atoms with E-state index in [1.807, 2.05) is 56.9 Å². The molecule has 1 amide bonds. The first kappa shape index (κ1) is 19.2. The second kappa shape index (κ2) is 6.88. The fraction of sp³-hybridized carbons (Fsp3) is 0.556. The predicted molar refractivity (Wildman–Crippen MR) is 106 cm³/mol. The molecule has 0 aromatic heterocycles. The molecule has 2 saturated heterocycles. The lowest BCUT2D eigenvalue weighted by Crippen LogP contribution is -2.38. The lowest BCUT2D eigenvalue weighted by atomic mass is 9.96. The van der Waals surface area contributed by atoms with Crippen LogP contribution in [0.4, 0.5) is 5.69 Å². The van der Waals surface area contributed by atoms with Crippen molar-refractivity contribution < 1.29 is 17.9 Å². The monoisotopic (exact) mass is 396 g/mol. The van der Waals surface area contributed by atoms with Gasteiger partial charge >= 0.3 is 0 Å². The first-order chi connectivity index (χ1) is 12.1. The molecule has 2 atom stereocenters. The zero-order chi connectivity index (χ0) is 19.1.